The predicted octanol–water partition coefficient (Wildman–Crippen LogP) is 4.09. The van der Waals surface area contributed by atoms with Gasteiger partial charge in [-0.05, 0) is 44.0 Å². The number of aromatic nitrogens is 1. The average Bonchev–Trinajstić information content (AvgIpc) is 2.49. The Morgan fingerprint density at radius 2 is 2.04 bits per heavy atom. The molecule has 2 rings (SSSR count). The Bertz CT molecular complexity index is 695. The van der Waals surface area contributed by atoms with Crippen molar-refractivity contribution in [3.63, 3.8) is 0 Å². The van der Waals surface area contributed by atoms with Gasteiger partial charge in [0, 0.05) is 30.0 Å². The van der Waals surface area contributed by atoms with Gasteiger partial charge in [-0.15, -0.1) is 12.4 Å². The molecule has 0 atom stereocenters. The van der Waals surface area contributed by atoms with Gasteiger partial charge in [-0.1, -0.05) is 17.7 Å². The number of hydrogen-bond donors (Lipinski definition) is 2. The van der Waals surface area contributed by atoms with Crippen LogP contribution in [0.4, 0.5) is 10.1 Å². The first-order valence-corrected chi connectivity index (χ1v) is 7.77. The number of hydrogen-bond acceptors (Lipinski definition) is 3. The third kappa shape index (κ3) is 5.98. The van der Waals surface area contributed by atoms with Crippen LogP contribution in [-0.4, -0.2) is 23.5 Å². The highest BCUT2D eigenvalue weighted by atomic mass is 35.5. The summed E-state index contributed by atoms with van der Waals surface area (Å²) in [5, 5.41) is 6.37. The second-order valence-electron chi connectivity index (χ2n) is 5.50. The minimum absolute atomic E-state index is 0. The molecule has 0 saturated heterocycles. The second-order valence-corrected chi connectivity index (χ2v) is 5.91. The van der Waals surface area contributed by atoms with Crippen molar-refractivity contribution in [2.24, 2.45) is 0 Å². The van der Waals surface area contributed by atoms with Crippen molar-refractivity contribution in [3.05, 3.63) is 58.6 Å². The molecule has 0 spiro atoms. The molecule has 130 valence electrons. The number of benzene rings is 1. The van der Waals surface area contributed by atoms with Crippen LogP contribution in [0, 0.1) is 5.82 Å². The molecule has 2 N–H and O–H groups in total. The van der Waals surface area contributed by atoms with Crippen molar-refractivity contribution in [2.75, 3.05) is 11.9 Å². The van der Waals surface area contributed by atoms with E-state index in [2.05, 4.69) is 15.6 Å². The van der Waals surface area contributed by atoms with E-state index in [1.54, 1.807) is 18.3 Å². The molecule has 1 aromatic carbocycles. The zero-order valence-corrected chi connectivity index (χ0v) is 15.0. The lowest BCUT2D eigenvalue weighted by molar-refractivity contribution is 0.0954. The van der Waals surface area contributed by atoms with Gasteiger partial charge in [-0.3, -0.25) is 9.78 Å². The highest BCUT2D eigenvalue weighted by Gasteiger charge is 2.08. The Kier molecular flexibility index (Phi) is 7.95. The maximum absolute atomic E-state index is 13.0. The number of pyridine rings is 1. The Hall–Kier alpha value is -1.85. The zero-order chi connectivity index (χ0) is 16.8. The molecule has 2 aromatic rings. The summed E-state index contributed by atoms with van der Waals surface area (Å²) >= 11 is 5.96. The van der Waals surface area contributed by atoms with Crippen molar-refractivity contribution >= 4 is 35.6 Å². The van der Waals surface area contributed by atoms with E-state index in [9.17, 15) is 9.18 Å². The SMILES string of the molecule is CC(C)Nc1cncc(C(=O)NCCc2ccc(F)cc2Cl)c1.Cl. The topological polar surface area (TPSA) is 54.0 Å². The smallest absolute Gasteiger partial charge is 0.252 e. The van der Waals surface area contributed by atoms with Crippen molar-refractivity contribution in [2.45, 2.75) is 26.3 Å². The maximum atomic E-state index is 13.0. The lowest BCUT2D eigenvalue weighted by Crippen LogP contribution is -2.26. The van der Waals surface area contributed by atoms with Gasteiger partial charge in [-0.2, -0.15) is 0 Å². The van der Waals surface area contributed by atoms with Gasteiger partial charge in [0.15, 0.2) is 0 Å². The van der Waals surface area contributed by atoms with E-state index in [1.807, 2.05) is 13.8 Å². The zero-order valence-electron chi connectivity index (χ0n) is 13.5. The summed E-state index contributed by atoms with van der Waals surface area (Å²) in [6.45, 7) is 4.43. The number of halogens is 3. The fourth-order valence-corrected chi connectivity index (χ4v) is 2.38. The number of nitrogens with zero attached hydrogens (tertiary/aromatic N) is 1. The fraction of sp³-hybridized carbons (Fsp3) is 0.294. The van der Waals surface area contributed by atoms with Crippen LogP contribution in [-0.2, 0) is 6.42 Å². The van der Waals surface area contributed by atoms with Gasteiger partial charge in [0.1, 0.15) is 5.82 Å². The van der Waals surface area contributed by atoms with Gasteiger partial charge in [0.25, 0.3) is 5.91 Å². The lowest BCUT2D eigenvalue weighted by atomic mass is 10.1. The summed E-state index contributed by atoms with van der Waals surface area (Å²) in [6, 6.07) is 6.26. The van der Waals surface area contributed by atoms with Crippen LogP contribution in [0.2, 0.25) is 5.02 Å². The first kappa shape index (κ1) is 20.2. The Labute approximate surface area is 152 Å². The number of nitrogens with one attached hydrogen (secondary N) is 2. The molecule has 0 saturated carbocycles. The third-order valence-corrected chi connectivity index (χ3v) is 3.50. The number of rotatable bonds is 6. The number of carbonyl (C=O) groups excluding carboxylic acids is 1. The van der Waals surface area contributed by atoms with Gasteiger partial charge >= 0.3 is 0 Å². The number of amides is 1. The van der Waals surface area contributed by atoms with E-state index in [4.69, 9.17) is 11.6 Å². The largest absolute Gasteiger partial charge is 0.382 e. The number of carbonyl (C=O) groups is 1. The quantitative estimate of drug-likeness (QED) is 0.803. The molecular weight excluding hydrogens is 352 g/mol. The third-order valence-electron chi connectivity index (χ3n) is 3.15. The van der Waals surface area contributed by atoms with E-state index in [1.165, 1.54) is 18.3 Å². The van der Waals surface area contributed by atoms with Crippen molar-refractivity contribution in [1.82, 2.24) is 10.3 Å². The van der Waals surface area contributed by atoms with E-state index in [-0.39, 0.29) is 30.2 Å². The van der Waals surface area contributed by atoms with Crippen LogP contribution < -0.4 is 10.6 Å². The molecule has 1 amide bonds. The van der Waals surface area contributed by atoms with Crippen molar-refractivity contribution in [1.29, 1.82) is 0 Å². The van der Waals surface area contributed by atoms with Crippen LogP contribution >= 0.6 is 24.0 Å². The molecule has 0 aliphatic carbocycles. The van der Waals surface area contributed by atoms with Crippen LogP contribution in [0.15, 0.2) is 36.7 Å². The molecular formula is C17H20Cl2FN3O. The summed E-state index contributed by atoms with van der Waals surface area (Å²) in [6.07, 6.45) is 3.73. The van der Waals surface area contributed by atoms with Crippen molar-refractivity contribution in [3.8, 4) is 0 Å². The Morgan fingerprint density at radius 3 is 2.71 bits per heavy atom. The first-order chi connectivity index (χ1) is 11.0. The molecule has 1 aromatic heterocycles. The van der Waals surface area contributed by atoms with Crippen LogP contribution in [0.1, 0.15) is 29.8 Å². The monoisotopic (exact) mass is 371 g/mol. The minimum Gasteiger partial charge on any atom is -0.382 e. The Balaban J connectivity index is 0.00000288. The summed E-state index contributed by atoms with van der Waals surface area (Å²) in [5.41, 5.74) is 2.08. The van der Waals surface area contributed by atoms with Gasteiger partial charge in [0.05, 0.1) is 11.3 Å². The van der Waals surface area contributed by atoms with Crippen LogP contribution in [0.5, 0.6) is 0 Å². The summed E-state index contributed by atoms with van der Waals surface area (Å²) in [7, 11) is 0. The molecule has 24 heavy (non-hydrogen) atoms. The summed E-state index contributed by atoms with van der Waals surface area (Å²) in [4.78, 5) is 16.2. The molecule has 0 aliphatic rings. The Morgan fingerprint density at radius 1 is 1.29 bits per heavy atom. The highest BCUT2D eigenvalue weighted by molar-refractivity contribution is 6.31. The van der Waals surface area contributed by atoms with E-state index < -0.39 is 0 Å². The normalized spacial score (nSPS) is 10.2. The molecule has 0 bridgehead atoms. The molecule has 4 nitrogen and oxygen atoms in total. The standard InChI is InChI=1S/C17H19ClFN3O.ClH/c1-11(2)22-15-7-13(9-20-10-15)17(23)21-6-5-12-3-4-14(19)8-16(12)18;/h3-4,7-11,22H,5-6H2,1-2H3,(H,21,23);1H. The van der Waals surface area contributed by atoms with Crippen molar-refractivity contribution < 1.29 is 9.18 Å². The van der Waals surface area contributed by atoms with Gasteiger partial charge in [-0.25, -0.2) is 4.39 Å². The number of anilines is 1. The molecule has 0 fully saturated rings. The highest BCUT2D eigenvalue weighted by Crippen LogP contribution is 2.17. The average molecular weight is 372 g/mol. The first-order valence-electron chi connectivity index (χ1n) is 7.39. The molecule has 0 radical (unpaired) electrons. The molecule has 1 heterocycles. The van der Waals surface area contributed by atoms with E-state index in [0.717, 1.165) is 11.3 Å². The minimum atomic E-state index is -0.372. The van der Waals surface area contributed by atoms with E-state index >= 15 is 0 Å². The van der Waals surface area contributed by atoms with Gasteiger partial charge < -0.3 is 10.6 Å². The fourth-order valence-electron chi connectivity index (χ4n) is 2.11. The predicted molar refractivity (Wildman–Crippen MR) is 97.7 cm³/mol. The molecule has 0 unspecified atom stereocenters. The molecule has 0 aliphatic heterocycles. The van der Waals surface area contributed by atoms with Crippen LogP contribution in [0.3, 0.4) is 0 Å². The maximum Gasteiger partial charge on any atom is 0.252 e. The lowest BCUT2D eigenvalue weighted by Gasteiger charge is -2.11. The van der Waals surface area contributed by atoms with Gasteiger partial charge in [0.2, 0.25) is 0 Å². The van der Waals surface area contributed by atoms with Crippen LogP contribution in [0.25, 0.3) is 0 Å². The summed E-state index contributed by atoms with van der Waals surface area (Å²) < 4.78 is 13.0. The second kappa shape index (κ2) is 9.45. The summed E-state index contributed by atoms with van der Waals surface area (Å²) in [5.74, 6) is -0.577. The molecule has 7 heteroatoms. The van der Waals surface area contributed by atoms with E-state index in [0.29, 0.717) is 23.6 Å².